The second-order valence-corrected chi connectivity index (χ2v) is 13.0. The number of nitrogens with zero attached hydrogens (tertiary/aromatic N) is 3. The first-order valence-electron chi connectivity index (χ1n) is 15.9. The minimum Gasteiger partial charge on any atom is -0.494 e. The molecule has 1 amide bonds. The lowest BCUT2D eigenvalue weighted by Gasteiger charge is -2.38. The van der Waals surface area contributed by atoms with Crippen LogP contribution in [0.1, 0.15) is 64.1 Å². The number of halogens is 3. The molecule has 2 aliphatic heterocycles. The molecule has 0 saturated carbocycles. The average Bonchev–Trinajstić information content (AvgIpc) is 3.55. The lowest BCUT2D eigenvalue weighted by Crippen LogP contribution is -2.52. The fourth-order valence-electron chi connectivity index (χ4n) is 7.44. The molecule has 53 heavy (non-hydrogen) atoms. The van der Waals surface area contributed by atoms with E-state index in [0.717, 1.165) is 19.2 Å². The molecule has 1 spiro atoms. The Hall–Kier alpha value is -5.44. The van der Waals surface area contributed by atoms with Gasteiger partial charge in [-0.05, 0) is 55.0 Å². The first-order chi connectivity index (χ1) is 24.8. The van der Waals surface area contributed by atoms with Gasteiger partial charge in [-0.25, -0.2) is 9.18 Å². The van der Waals surface area contributed by atoms with E-state index in [1.165, 1.54) is 47.4 Å². The van der Waals surface area contributed by atoms with Gasteiger partial charge in [0.1, 0.15) is 17.1 Å². The van der Waals surface area contributed by atoms with Crippen LogP contribution in [0.4, 0.5) is 15.8 Å². The third-order valence-electron chi connectivity index (χ3n) is 9.46. The van der Waals surface area contributed by atoms with Crippen LogP contribution in [0, 0.1) is 26.0 Å². The molecule has 4 aromatic rings. The van der Waals surface area contributed by atoms with Crippen LogP contribution in [0.5, 0.6) is 5.75 Å². The van der Waals surface area contributed by atoms with E-state index >= 15 is 4.39 Å². The molecular weight excluding hydrogens is 734 g/mol. The number of hydrogen-bond acceptors (Lipinski definition) is 10. The van der Waals surface area contributed by atoms with Gasteiger partial charge in [0.15, 0.2) is 5.78 Å². The molecule has 16 heteroatoms. The first-order valence-corrected chi connectivity index (χ1v) is 16.7. The van der Waals surface area contributed by atoms with Crippen LogP contribution in [-0.2, 0) is 21.6 Å². The van der Waals surface area contributed by atoms with Crippen LogP contribution in [0.2, 0.25) is 10.0 Å². The Kier molecular flexibility index (Phi) is 11.2. The number of nitro groups is 2. The zero-order valence-corrected chi connectivity index (χ0v) is 29.0. The maximum Gasteiger partial charge on any atom is 0.338 e. The number of hydrogen-bond donors (Lipinski definition) is 1. The van der Waals surface area contributed by atoms with Gasteiger partial charge in [0.2, 0.25) is 6.04 Å². The summed E-state index contributed by atoms with van der Waals surface area (Å²) in [6.07, 6.45) is -0.730. The number of carbonyl (C=O) groups is 3. The van der Waals surface area contributed by atoms with E-state index in [1.807, 2.05) is 0 Å². The Morgan fingerprint density at radius 2 is 1.75 bits per heavy atom. The molecule has 6 rings (SSSR count). The molecule has 1 saturated heterocycles. The van der Waals surface area contributed by atoms with Crippen LogP contribution >= 0.6 is 23.2 Å². The quantitative estimate of drug-likeness (QED) is 0.0694. The van der Waals surface area contributed by atoms with E-state index in [1.54, 1.807) is 31.2 Å². The Labute approximate surface area is 312 Å². The van der Waals surface area contributed by atoms with Crippen LogP contribution < -0.4 is 10.1 Å². The van der Waals surface area contributed by atoms with E-state index in [-0.39, 0.29) is 46.4 Å². The van der Waals surface area contributed by atoms with Gasteiger partial charge >= 0.3 is 5.97 Å². The standard InChI is InChI=1S/C36H29Cl2FN4O9.CH4/c1-3-52-22-7-4-6-19(14-22)18-41-29(17-30(44)23-12-10-20(34(45)51-2)15-28(23)42(47)48)33(43(49)50)31(24-8-5-9-26(38)32(24)39)36(41)25-13-11-21(37)16-27(25)40-35(36)46;/h4-16,29,31,33H,3,17-18H2,1-2H3,(H,40,46);1H4/t29-,31-,33?,36+;/m0./s1. The van der Waals surface area contributed by atoms with Crippen LogP contribution in [0.25, 0.3) is 0 Å². The predicted molar refractivity (Wildman–Crippen MR) is 194 cm³/mol. The van der Waals surface area contributed by atoms with Crippen LogP contribution in [0.15, 0.2) is 78.9 Å². The van der Waals surface area contributed by atoms with E-state index in [0.29, 0.717) is 17.9 Å². The molecule has 1 N–H and O–H groups in total. The Balaban J connectivity index is 0.00000541. The summed E-state index contributed by atoms with van der Waals surface area (Å²) in [6.45, 7) is 1.93. The molecule has 2 aliphatic rings. The summed E-state index contributed by atoms with van der Waals surface area (Å²) in [5.41, 5.74) is -2.65. The van der Waals surface area contributed by atoms with Crippen molar-refractivity contribution in [3.8, 4) is 5.75 Å². The molecule has 13 nitrogen and oxygen atoms in total. The van der Waals surface area contributed by atoms with E-state index in [9.17, 15) is 34.6 Å². The van der Waals surface area contributed by atoms with E-state index in [2.05, 4.69) is 10.1 Å². The van der Waals surface area contributed by atoms with E-state index < -0.39 is 74.5 Å². The molecule has 0 aliphatic carbocycles. The van der Waals surface area contributed by atoms with Gasteiger partial charge in [0.25, 0.3) is 11.6 Å². The summed E-state index contributed by atoms with van der Waals surface area (Å²) in [5.74, 6) is -4.64. The Morgan fingerprint density at radius 1 is 1.02 bits per heavy atom. The maximum atomic E-state index is 16.2. The predicted octanol–water partition coefficient (Wildman–Crippen LogP) is 7.60. The monoisotopic (exact) mass is 766 g/mol. The van der Waals surface area contributed by atoms with Gasteiger partial charge < -0.3 is 14.8 Å². The summed E-state index contributed by atoms with van der Waals surface area (Å²) in [4.78, 5) is 66.5. The number of ether oxygens (including phenoxy) is 2. The number of amides is 1. The fraction of sp³-hybridized carbons (Fsp3) is 0.270. The van der Waals surface area contributed by atoms with Gasteiger partial charge in [0, 0.05) is 45.8 Å². The van der Waals surface area contributed by atoms with Crippen molar-refractivity contribution < 1.29 is 38.1 Å². The van der Waals surface area contributed by atoms with Crippen molar-refractivity contribution in [1.82, 2.24) is 4.90 Å². The normalized spacial score (nSPS) is 20.3. The number of esters is 1. The summed E-state index contributed by atoms with van der Waals surface area (Å²) >= 11 is 12.5. The van der Waals surface area contributed by atoms with Crippen molar-refractivity contribution in [2.24, 2.45) is 0 Å². The van der Waals surface area contributed by atoms with Crippen molar-refractivity contribution in [1.29, 1.82) is 0 Å². The number of carbonyl (C=O) groups excluding carboxylic acids is 3. The number of nitro benzene ring substituents is 1. The van der Waals surface area contributed by atoms with Crippen molar-refractivity contribution in [2.75, 3.05) is 19.0 Å². The fourth-order valence-corrected chi connectivity index (χ4v) is 7.80. The number of Topliss-reactive ketones (excluding diaryl/α,β-unsaturated/α-hetero) is 1. The second-order valence-electron chi connectivity index (χ2n) is 12.2. The average molecular weight is 768 g/mol. The third-order valence-corrected chi connectivity index (χ3v) is 9.99. The van der Waals surface area contributed by atoms with Gasteiger partial charge in [-0.3, -0.25) is 34.7 Å². The van der Waals surface area contributed by atoms with Crippen molar-refractivity contribution in [2.45, 2.75) is 50.9 Å². The van der Waals surface area contributed by atoms with Gasteiger partial charge in [-0.1, -0.05) is 61.0 Å². The smallest absolute Gasteiger partial charge is 0.338 e. The number of anilines is 1. The largest absolute Gasteiger partial charge is 0.494 e. The highest BCUT2D eigenvalue weighted by atomic mass is 35.5. The van der Waals surface area contributed by atoms with Crippen molar-refractivity contribution in [3.63, 3.8) is 0 Å². The molecule has 1 fully saturated rings. The molecule has 1 unspecified atom stereocenters. The van der Waals surface area contributed by atoms with Crippen LogP contribution in [0.3, 0.4) is 0 Å². The zero-order valence-electron chi connectivity index (χ0n) is 27.5. The number of ketones is 1. The van der Waals surface area contributed by atoms with Crippen molar-refractivity contribution in [3.05, 3.63) is 143 Å². The molecule has 276 valence electrons. The molecule has 2 heterocycles. The first kappa shape index (κ1) is 38.8. The third kappa shape index (κ3) is 6.69. The minimum atomic E-state index is -2.03. The molecule has 0 bridgehead atoms. The summed E-state index contributed by atoms with van der Waals surface area (Å²) in [7, 11) is 1.09. The number of benzene rings is 4. The SMILES string of the molecule is C.CCOc1cccc(CN2[C@@H](CC(=O)c3ccc(C(=O)OC)cc3[N+](=O)[O-])C([N+](=O)[O-])[C@H](c3cccc(Cl)c3F)[C@]23C(=O)Nc2cc(Cl)ccc23)c1. The van der Waals surface area contributed by atoms with Crippen molar-refractivity contribution >= 4 is 52.2 Å². The number of rotatable bonds is 11. The van der Waals surface area contributed by atoms with Gasteiger partial charge in [-0.15, -0.1) is 0 Å². The highest BCUT2D eigenvalue weighted by Gasteiger charge is 2.71. The summed E-state index contributed by atoms with van der Waals surface area (Å²) in [6, 6.07) is 15.0. The minimum absolute atomic E-state index is 0. The highest BCUT2D eigenvalue weighted by molar-refractivity contribution is 6.31. The van der Waals surface area contributed by atoms with Gasteiger partial charge in [0.05, 0.1) is 46.7 Å². The lowest BCUT2D eigenvalue weighted by molar-refractivity contribution is -0.528. The highest BCUT2D eigenvalue weighted by Crippen LogP contribution is 2.59. The number of likely N-dealkylation sites (tertiary alicyclic amines) is 1. The van der Waals surface area contributed by atoms with Crippen LogP contribution in [-0.4, -0.2) is 58.2 Å². The zero-order chi connectivity index (χ0) is 37.5. The number of nitrogens with one attached hydrogen (secondary N) is 1. The molecule has 0 aromatic heterocycles. The molecule has 4 aromatic carbocycles. The van der Waals surface area contributed by atoms with E-state index in [4.69, 9.17) is 27.9 Å². The Morgan fingerprint density at radius 3 is 2.43 bits per heavy atom. The number of methoxy groups -OCH3 is 1. The Bertz CT molecular complexity index is 2150. The maximum absolute atomic E-state index is 16.2. The topological polar surface area (TPSA) is 171 Å². The van der Waals surface area contributed by atoms with Gasteiger partial charge in [-0.2, -0.15) is 0 Å². The molecular formula is C37H33Cl2FN4O9. The summed E-state index contributed by atoms with van der Waals surface area (Å²) < 4.78 is 26.5. The second kappa shape index (κ2) is 15.3. The molecule has 4 atom stereocenters. The summed E-state index contributed by atoms with van der Waals surface area (Å²) in [5, 5.41) is 28.2. The molecule has 0 radical (unpaired) electrons. The lowest BCUT2D eigenvalue weighted by atomic mass is 9.73. The number of fused-ring (bicyclic) bond motifs is 2.